The van der Waals surface area contributed by atoms with E-state index in [1.54, 1.807) is 18.4 Å². The van der Waals surface area contributed by atoms with Gasteiger partial charge in [-0.2, -0.15) is 0 Å². The van der Waals surface area contributed by atoms with Crippen molar-refractivity contribution in [1.82, 2.24) is 0 Å². The zero-order chi connectivity index (χ0) is 9.68. The average Bonchev–Trinajstić information content (AvgIpc) is 2.65. The van der Waals surface area contributed by atoms with Crippen molar-refractivity contribution in [3.63, 3.8) is 0 Å². The van der Waals surface area contributed by atoms with Gasteiger partial charge in [0.15, 0.2) is 0 Å². The van der Waals surface area contributed by atoms with E-state index in [0.717, 1.165) is 12.8 Å². The SMILES string of the molecule is CCCC(CN)C(O)c1ccco1. The van der Waals surface area contributed by atoms with Gasteiger partial charge in [0.05, 0.1) is 6.26 Å². The van der Waals surface area contributed by atoms with Crippen molar-refractivity contribution in [1.29, 1.82) is 0 Å². The van der Waals surface area contributed by atoms with Gasteiger partial charge in [-0.3, -0.25) is 0 Å². The molecular weight excluding hydrogens is 166 g/mol. The van der Waals surface area contributed by atoms with Gasteiger partial charge in [-0.05, 0) is 25.1 Å². The second-order valence-electron chi connectivity index (χ2n) is 3.24. The van der Waals surface area contributed by atoms with Gasteiger partial charge in [-0.25, -0.2) is 0 Å². The van der Waals surface area contributed by atoms with Crippen molar-refractivity contribution < 1.29 is 9.52 Å². The van der Waals surface area contributed by atoms with E-state index in [9.17, 15) is 5.11 Å². The Hall–Kier alpha value is -0.800. The second kappa shape index (κ2) is 5.04. The number of nitrogens with two attached hydrogens (primary N) is 1. The Morgan fingerprint density at radius 3 is 2.85 bits per heavy atom. The first kappa shape index (κ1) is 10.3. The van der Waals surface area contributed by atoms with Crippen LogP contribution in [-0.2, 0) is 0 Å². The number of aliphatic hydroxyl groups excluding tert-OH is 1. The third kappa shape index (κ3) is 2.57. The number of hydrogen-bond acceptors (Lipinski definition) is 3. The van der Waals surface area contributed by atoms with Crippen LogP contribution in [0.5, 0.6) is 0 Å². The summed E-state index contributed by atoms with van der Waals surface area (Å²) in [6.45, 7) is 2.58. The maximum Gasteiger partial charge on any atom is 0.132 e. The molecule has 1 rings (SSSR count). The number of aliphatic hydroxyl groups is 1. The summed E-state index contributed by atoms with van der Waals surface area (Å²) < 4.78 is 5.12. The maximum atomic E-state index is 9.83. The van der Waals surface area contributed by atoms with E-state index in [-0.39, 0.29) is 5.92 Å². The summed E-state index contributed by atoms with van der Waals surface area (Å²) in [5, 5.41) is 9.83. The minimum absolute atomic E-state index is 0.108. The molecule has 1 heterocycles. The third-order valence-corrected chi connectivity index (χ3v) is 2.24. The molecule has 2 atom stereocenters. The molecule has 1 aromatic heterocycles. The summed E-state index contributed by atoms with van der Waals surface area (Å²) in [5.74, 6) is 0.722. The fourth-order valence-corrected chi connectivity index (χ4v) is 1.47. The first-order valence-electron chi connectivity index (χ1n) is 4.71. The topological polar surface area (TPSA) is 59.4 Å². The van der Waals surface area contributed by atoms with Crippen LogP contribution in [0.2, 0.25) is 0 Å². The normalized spacial score (nSPS) is 15.6. The van der Waals surface area contributed by atoms with E-state index >= 15 is 0 Å². The van der Waals surface area contributed by atoms with E-state index in [4.69, 9.17) is 10.2 Å². The van der Waals surface area contributed by atoms with Crippen molar-refractivity contribution in [3.05, 3.63) is 24.2 Å². The lowest BCUT2D eigenvalue weighted by Gasteiger charge is -2.18. The van der Waals surface area contributed by atoms with Crippen LogP contribution in [0.4, 0.5) is 0 Å². The highest BCUT2D eigenvalue weighted by atomic mass is 16.4. The van der Waals surface area contributed by atoms with Gasteiger partial charge in [0, 0.05) is 5.92 Å². The molecule has 0 saturated heterocycles. The molecule has 0 saturated carbocycles. The third-order valence-electron chi connectivity index (χ3n) is 2.24. The van der Waals surface area contributed by atoms with E-state index < -0.39 is 6.10 Å². The molecule has 74 valence electrons. The van der Waals surface area contributed by atoms with E-state index in [0.29, 0.717) is 12.3 Å². The molecule has 0 spiro atoms. The van der Waals surface area contributed by atoms with Crippen molar-refractivity contribution in [2.24, 2.45) is 11.7 Å². The lowest BCUT2D eigenvalue weighted by molar-refractivity contribution is 0.0846. The number of furan rings is 1. The highest BCUT2D eigenvalue weighted by Gasteiger charge is 2.20. The fraction of sp³-hybridized carbons (Fsp3) is 0.600. The highest BCUT2D eigenvalue weighted by Crippen LogP contribution is 2.24. The molecule has 2 unspecified atom stereocenters. The molecule has 1 aromatic rings. The van der Waals surface area contributed by atoms with Gasteiger partial charge in [-0.15, -0.1) is 0 Å². The van der Waals surface area contributed by atoms with Crippen LogP contribution in [-0.4, -0.2) is 11.7 Å². The maximum absolute atomic E-state index is 9.83. The molecule has 0 aliphatic heterocycles. The van der Waals surface area contributed by atoms with Crippen molar-refractivity contribution in [3.8, 4) is 0 Å². The smallest absolute Gasteiger partial charge is 0.132 e. The average molecular weight is 183 g/mol. The van der Waals surface area contributed by atoms with Gasteiger partial charge >= 0.3 is 0 Å². The molecule has 0 amide bonds. The zero-order valence-electron chi connectivity index (χ0n) is 7.94. The molecule has 0 aromatic carbocycles. The van der Waals surface area contributed by atoms with E-state index in [1.165, 1.54) is 0 Å². The summed E-state index contributed by atoms with van der Waals surface area (Å²) in [5.41, 5.74) is 5.56. The summed E-state index contributed by atoms with van der Waals surface area (Å²) in [7, 11) is 0. The predicted molar refractivity (Wildman–Crippen MR) is 51.1 cm³/mol. The zero-order valence-corrected chi connectivity index (χ0v) is 7.94. The van der Waals surface area contributed by atoms with Gasteiger partial charge < -0.3 is 15.3 Å². The van der Waals surface area contributed by atoms with Crippen molar-refractivity contribution in [2.75, 3.05) is 6.54 Å². The molecule has 3 nitrogen and oxygen atoms in total. The lowest BCUT2D eigenvalue weighted by atomic mass is 9.96. The molecule has 0 fully saturated rings. The summed E-state index contributed by atoms with van der Waals surface area (Å²) >= 11 is 0. The Bertz CT molecular complexity index is 221. The first-order valence-corrected chi connectivity index (χ1v) is 4.71. The van der Waals surface area contributed by atoms with Crippen LogP contribution < -0.4 is 5.73 Å². The van der Waals surface area contributed by atoms with Gasteiger partial charge in [0.2, 0.25) is 0 Å². The quantitative estimate of drug-likeness (QED) is 0.730. The molecule has 0 bridgehead atoms. The Morgan fingerprint density at radius 1 is 1.62 bits per heavy atom. The minimum Gasteiger partial charge on any atom is -0.467 e. The standard InChI is InChI=1S/C10H17NO2/c1-2-4-8(7-11)10(12)9-5-3-6-13-9/h3,5-6,8,10,12H,2,4,7,11H2,1H3. The van der Waals surface area contributed by atoms with Crippen LogP contribution in [0.15, 0.2) is 22.8 Å². The monoisotopic (exact) mass is 183 g/mol. The minimum atomic E-state index is -0.556. The molecule has 13 heavy (non-hydrogen) atoms. The highest BCUT2D eigenvalue weighted by molar-refractivity contribution is 5.03. The summed E-state index contributed by atoms with van der Waals surface area (Å²) in [6, 6.07) is 3.56. The predicted octanol–water partition coefficient (Wildman–Crippen LogP) is 1.69. The van der Waals surface area contributed by atoms with Crippen molar-refractivity contribution in [2.45, 2.75) is 25.9 Å². The van der Waals surface area contributed by atoms with Crippen LogP contribution in [0.3, 0.4) is 0 Å². The van der Waals surface area contributed by atoms with Crippen LogP contribution in [0.25, 0.3) is 0 Å². The molecular formula is C10H17NO2. The Labute approximate surface area is 78.5 Å². The summed E-state index contributed by atoms with van der Waals surface area (Å²) in [4.78, 5) is 0. The van der Waals surface area contributed by atoms with E-state index in [2.05, 4.69) is 6.92 Å². The van der Waals surface area contributed by atoms with E-state index in [1.807, 2.05) is 0 Å². The van der Waals surface area contributed by atoms with Crippen LogP contribution in [0.1, 0.15) is 31.6 Å². The molecule has 3 heteroatoms. The fourth-order valence-electron chi connectivity index (χ4n) is 1.47. The lowest BCUT2D eigenvalue weighted by Crippen LogP contribution is -2.21. The second-order valence-corrected chi connectivity index (χ2v) is 3.24. The Morgan fingerprint density at radius 2 is 2.38 bits per heavy atom. The largest absolute Gasteiger partial charge is 0.467 e. The van der Waals surface area contributed by atoms with Crippen LogP contribution >= 0.6 is 0 Å². The number of hydrogen-bond donors (Lipinski definition) is 2. The summed E-state index contributed by atoms with van der Waals surface area (Å²) in [6.07, 6.45) is 2.97. The first-order chi connectivity index (χ1) is 6.29. The number of rotatable bonds is 5. The molecule has 3 N–H and O–H groups in total. The molecule has 0 radical (unpaired) electrons. The van der Waals surface area contributed by atoms with Gasteiger partial charge in [-0.1, -0.05) is 13.3 Å². The van der Waals surface area contributed by atoms with Gasteiger partial charge in [0.25, 0.3) is 0 Å². The van der Waals surface area contributed by atoms with Crippen LogP contribution in [0, 0.1) is 5.92 Å². The molecule has 0 aliphatic rings. The van der Waals surface area contributed by atoms with Crippen molar-refractivity contribution >= 4 is 0 Å². The molecule has 0 aliphatic carbocycles. The van der Waals surface area contributed by atoms with Gasteiger partial charge in [0.1, 0.15) is 11.9 Å². The Kier molecular flexibility index (Phi) is 3.99. The Balaban J connectivity index is 2.58.